The summed E-state index contributed by atoms with van der Waals surface area (Å²) in [7, 11) is -8.77. The molecule has 0 aromatic rings. The van der Waals surface area contributed by atoms with E-state index in [0.717, 1.165) is 0 Å². The average Bonchev–Trinajstić information content (AvgIpc) is 1.19. The Kier molecular flexibility index (Phi) is 14.2. The van der Waals surface area contributed by atoms with Gasteiger partial charge >= 0.3 is 26.2 Å². The van der Waals surface area contributed by atoms with Gasteiger partial charge in [-0.1, -0.05) is 8.25 Å². The van der Waals surface area contributed by atoms with Gasteiger partial charge in [-0.25, -0.2) is 0 Å². The average molecular weight is 267 g/mol. The van der Waals surface area contributed by atoms with Crippen molar-refractivity contribution in [1.29, 1.82) is 0 Å². The van der Waals surface area contributed by atoms with Gasteiger partial charge < -0.3 is 33.6 Å². The van der Waals surface area contributed by atoms with Gasteiger partial charge in [-0.15, -0.1) is 0 Å². The minimum absolute atomic E-state index is 0. The minimum Gasteiger partial charge on any atom is -0.813 e. The van der Waals surface area contributed by atoms with Gasteiger partial charge in [-0.3, -0.25) is 0 Å². The third-order valence-electron chi connectivity index (χ3n) is 0. The van der Waals surface area contributed by atoms with Crippen molar-refractivity contribution in [3.05, 3.63) is 0 Å². The molecule has 1 N–H and O–H groups in total. The predicted molar refractivity (Wildman–Crippen MR) is 18.8 cm³/mol. The smallest absolute Gasteiger partial charge is 0.813 e. The van der Waals surface area contributed by atoms with E-state index in [2.05, 4.69) is 0 Å². The Balaban J connectivity index is -0.0000000910. The van der Waals surface area contributed by atoms with Crippen molar-refractivity contribution in [2.45, 2.75) is 0 Å². The van der Waals surface area contributed by atoms with E-state index in [-0.39, 0.29) is 26.2 Å². The Bertz CT molecular complexity index is 111. The molecule has 0 atom stereocenters. The Morgan fingerprint density at radius 2 is 1.30 bits per heavy atom. The van der Waals surface area contributed by atoms with Gasteiger partial charge in [0.1, 0.15) is 0 Å². The number of hydrogen-bond acceptors (Lipinski definition) is 6. The topological polar surface area (TPSA) is 147 Å². The molecule has 0 spiro atoms. The number of hydrogen-bond donors (Lipinski definition) is 1. The zero-order valence-corrected chi connectivity index (χ0v) is 8.70. The monoisotopic (exact) mass is 266 g/mol. The summed E-state index contributed by atoms with van der Waals surface area (Å²) in [6.45, 7) is 0. The van der Waals surface area contributed by atoms with Crippen molar-refractivity contribution in [2.24, 2.45) is 0 Å². The predicted octanol–water partition coefficient (Wildman–Crippen LogP) is -4.10. The summed E-state index contributed by atoms with van der Waals surface area (Å²) >= 11 is 0. The van der Waals surface area contributed by atoms with Gasteiger partial charge in [0.05, 0.1) is 7.82 Å². The maximum Gasteiger partial charge on any atom is 4.00 e. The molecule has 0 amide bonds. The Morgan fingerprint density at radius 3 is 1.30 bits per heavy atom. The van der Waals surface area contributed by atoms with Crippen LogP contribution in [-0.4, -0.2) is 4.89 Å². The second-order valence-corrected chi connectivity index (χ2v) is 2.16. The van der Waals surface area contributed by atoms with Crippen LogP contribution in [0.15, 0.2) is 0 Å². The first kappa shape index (κ1) is 17.3. The summed E-state index contributed by atoms with van der Waals surface area (Å²) in [5.41, 5.74) is 0. The number of rotatable bonds is 0. The van der Waals surface area contributed by atoms with E-state index < -0.39 is 16.1 Å². The normalized spacial score (nSPS) is 9.40. The van der Waals surface area contributed by atoms with Crippen LogP contribution in [-0.2, 0) is 35.3 Å². The molecule has 0 unspecified atom stereocenters. The standard InChI is InChI=1S/H3O4P.H3O3P.Zr/c1-5(2,3)4;1-4(2)3;/h(H3,1,2,3,4);4H,(H2,1,2,3);/q;;+4/p-4. The van der Waals surface area contributed by atoms with Crippen molar-refractivity contribution in [3.8, 4) is 0 Å². The molecule has 0 fully saturated rings. The fourth-order valence-electron chi connectivity index (χ4n) is 0. The third kappa shape index (κ3) is 464. The Labute approximate surface area is 76.0 Å². The van der Waals surface area contributed by atoms with E-state index in [9.17, 15) is 0 Å². The van der Waals surface area contributed by atoms with Gasteiger partial charge in [-0.2, -0.15) is 0 Å². The molecule has 0 aliphatic rings. The van der Waals surface area contributed by atoms with Crippen molar-refractivity contribution in [1.82, 2.24) is 0 Å². The molecule has 0 rings (SSSR count). The SMILES string of the molecule is O=P([O-])([O-])O.O=[PH]([O-])[O-].[Zr+4]. The quantitative estimate of drug-likeness (QED) is 0.438. The van der Waals surface area contributed by atoms with Crippen LogP contribution in [0, 0.1) is 0 Å². The van der Waals surface area contributed by atoms with Crippen LogP contribution < -0.4 is 19.6 Å². The van der Waals surface area contributed by atoms with Crippen LogP contribution in [0.25, 0.3) is 0 Å². The first-order valence-electron chi connectivity index (χ1n) is 1.36. The summed E-state index contributed by atoms with van der Waals surface area (Å²) in [4.78, 5) is 41.3. The molecular weight excluding hydrogens is 265 g/mol. The van der Waals surface area contributed by atoms with E-state index in [0.29, 0.717) is 0 Å². The largest absolute Gasteiger partial charge is 4.00 e. The molecule has 58 valence electrons. The van der Waals surface area contributed by atoms with Crippen LogP contribution in [0.4, 0.5) is 0 Å². The first-order chi connectivity index (χ1) is 3.73. The molecule has 0 saturated carbocycles. The fourth-order valence-corrected chi connectivity index (χ4v) is 0. The maximum absolute atomic E-state index is 8.66. The molecule has 0 aromatic heterocycles. The van der Waals surface area contributed by atoms with Crippen LogP contribution in [0.3, 0.4) is 0 Å². The van der Waals surface area contributed by atoms with Crippen molar-refractivity contribution in [3.63, 3.8) is 0 Å². The van der Waals surface area contributed by atoms with Crippen LogP contribution in [0.2, 0.25) is 0 Å². The zero-order chi connectivity index (χ0) is 8.08. The summed E-state index contributed by atoms with van der Waals surface area (Å²) in [5, 5.41) is 0. The van der Waals surface area contributed by atoms with Gasteiger partial charge in [-0.05, 0) is 0 Å². The van der Waals surface area contributed by atoms with E-state index in [1.165, 1.54) is 0 Å². The molecule has 10 heteroatoms. The molecule has 10 heavy (non-hydrogen) atoms. The zero-order valence-electron chi connectivity index (χ0n) is 4.34. The van der Waals surface area contributed by atoms with E-state index in [4.69, 9.17) is 33.6 Å². The molecule has 0 radical (unpaired) electrons. The summed E-state index contributed by atoms with van der Waals surface area (Å²) in [6.07, 6.45) is 0. The maximum atomic E-state index is 8.66. The summed E-state index contributed by atoms with van der Waals surface area (Å²) in [5.74, 6) is 0. The second kappa shape index (κ2) is 8.24. The molecule has 0 aromatic carbocycles. The fraction of sp³-hybridized carbons (Fsp3) is 0. The molecular formula is H2O7P2Zr. The van der Waals surface area contributed by atoms with E-state index >= 15 is 0 Å². The van der Waals surface area contributed by atoms with Crippen molar-refractivity contribution in [2.75, 3.05) is 0 Å². The molecule has 0 aliphatic carbocycles. The van der Waals surface area contributed by atoms with Crippen molar-refractivity contribution >= 4 is 16.1 Å². The van der Waals surface area contributed by atoms with E-state index in [1.807, 2.05) is 0 Å². The van der Waals surface area contributed by atoms with Crippen molar-refractivity contribution < 1.29 is 59.8 Å². The van der Waals surface area contributed by atoms with Gasteiger partial charge in [0.25, 0.3) is 0 Å². The molecule has 7 nitrogen and oxygen atoms in total. The Hall–Kier alpha value is 1.14. The summed E-state index contributed by atoms with van der Waals surface area (Å²) in [6, 6.07) is 0. The Morgan fingerprint density at radius 1 is 1.30 bits per heavy atom. The van der Waals surface area contributed by atoms with Gasteiger partial charge in [0, 0.05) is 0 Å². The number of phosphoric acid groups is 1. The molecule has 0 heterocycles. The first-order valence-corrected chi connectivity index (χ1v) is 4.08. The van der Waals surface area contributed by atoms with Crippen LogP contribution in [0.5, 0.6) is 0 Å². The minimum atomic E-state index is -5.14. The molecule has 0 aliphatic heterocycles. The third-order valence-corrected chi connectivity index (χ3v) is 0. The molecule has 0 bridgehead atoms. The van der Waals surface area contributed by atoms with E-state index in [1.54, 1.807) is 0 Å². The molecule has 0 saturated heterocycles. The van der Waals surface area contributed by atoms with Gasteiger partial charge in [0.2, 0.25) is 0 Å². The van der Waals surface area contributed by atoms with Gasteiger partial charge in [0.15, 0.2) is 0 Å². The van der Waals surface area contributed by atoms with Crippen LogP contribution >= 0.6 is 16.1 Å². The van der Waals surface area contributed by atoms with Crippen LogP contribution in [0.1, 0.15) is 0 Å². The second-order valence-electron chi connectivity index (χ2n) is 0.719. The summed E-state index contributed by atoms with van der Waals surface area (Å²) < 4.78 is 17.2.